The Kier molecular flexibility index (Phi) is 6.40. The van der Waals surface area contributed by atoms with E-state index in [9.17, 15) is 4.79 Å². The van der Waals surface area contributed by atoms with Gasteiger partial charge in [-0.05, 0) is 54.2 Å². The molecule has 1 atom stereocenters. The predicted octanol–water partition coefficient (Wildman–Crippen LogP) is 5.62. The van der Waals surface area contributed by atoms with Gasteiger partial charge in [0.1, 0.15) is 18.1 Å². The van der Waals surface area contributed by atoms with Crippen LogP contribution in [0.5, 0.6) is 5.75 Å². The molecule has 0 heterocycles. The van der Waals surface area contributed by atoms with Gasteiger partial charge < -0.3 is 4.74 Å². The number of ether oxygens (including phenoxy) is 1. The van der Waals surface area contributed by atoms with Gasteiger partial charge in [-0.15, -0.1) is 0 Å². The molecule has 2 heteroatoms. The molecule has 23 heavy (non-hydrogen) atoms. The molecular formula is C21H26O2. The average molecular weight is 310 g/mol. The van der Waals surface area contributed by atoms with Crippen LogP contribution in [0.25, 0.3) is 0 Å². The van der Waals surface area contributed by atoms with Crippen LogP contribution in [0.15, 0.2) is 48.5 Å². The quantitative estimate of drug-likeness (QED) is 0.592. The van der Waals surface area contributed by atoms with E-state index in [0.29, 0.717) is 11.5 Å². The molecule has 2 nitrogen and oxygen atoms in total. The summed E-state index contributed by atoms with van der Waals surface area (Å²) in [6.07, 6.45) is 4.00. The molecule has 0 saturated heterocycles. The monoisotopic (exact) mass is 310 g/mol. The first-order chi connectivity index (χ1) is 11.1. The third-order valence-electron chi connectivity index (χ3n) is 3.88. The molecule has 0 bridgehead atoms. The van der Waals surface area contributed by atoms with E-state index in [1.165, 1.54) is 11.1 Å². The van der Waals surface area contributed by atoms with Crippen molar-refractivity contribution in [1.29, 1.82) is 0 Å². The van der Waals surface area contributed by atoms with Crippen molar-refractivity contribution in [2.75, 3.05) is 0 Å². The average Bonchev–Trinajstić information content (AvgIpc) is 2.55. The third-order valence-corrected chi connectivity index (χ3v) is 3.88. The zero-order valence-electron chi connectivity index (χ0n) is 14.3. The summed E-state index contributed by atoms with van der Waals surface area (Å²) in [5.74, 6) is 1.43. The van der Waals surface area contributed by atoms with Crippen LogP contribution >= 0.6 is 0 Å². The van der Waals surface area contributed by atoms with Crippen molar-refractivity contribution < 1.29 is 9.53 Å². The van der Waals surface area contributed by atoms with Gasteiger partial charge in [-0.25, -0.2) is 0 Å². The molecule has 0 saturated carbocycles. The van der Waals surface area contributed by atoms with Gasteiger partial charge >= 0.3 is 0 Å². The number of benzene rings is 2. The van der Waals surface area contributed by atoms with Crippen molar-refractivity contribution >= 4 is 6.29 Å². The Hall–Kier alpha value is -2.09. The van der Waals surface area contributed by atoms with Crippen LogP contribution in [-0.2, 0) is 6.42 Å². The lowest BCUT2D eigenvalue weighted by atomic mass is 9.93. The van der Waals surface area contributed by atoms with Crippen molar-refractivity contribution in [1.82, 2.24) is 0 Å². The largest absolute Gasteiger partial charge is 0.486 e. The summed E-state index contributed by atoms with van der Waals surface area (Å²) in [4.78, 5) is 10.8. The lowest BCUT2D eigenvalue weighted by molar-refractivity contribution is 0.112. The Morgan fingerprint density at radius 1 is 1.04 bits per heavy atom. The molecule has 0 aromatic heterocycles. The van der Waals surface area contributed by atoms with Crippen LogP contribution in [0.1, 0.15) is 61.2 Å². The molecule has 0 spiro atoms. The summed E-state index contributed by atoms with van der Waals surface area (Å²) < 4.78 is 6.25. The standard InChI is InChI=1S/C21H26O2/c1-4-7-21(23-19-12-10-17(15-22)11-13-19)20-9-6-5-8-18(20)14-16(2)3/h5-6,8-13,15-16,21H,4,7,14H2,1-3H3. The highest BCUT2D eigenvalue weighted by molar-refractivity contribution is 5.74. The molecular weight excluding hydrogens is 284 g/mol. The molecule has 0 aliphatic rings. The fourth-order valence-electron chi connectivity index (χ4n) is 2.80. The first kappa shape index (κ1) is 17.3. The number of hydrogen-bond acceptors (Lipinski definition) is 2. The minimum absolute atomic E-state index is 0.0528. The fraction of sp³-hybridized carbons (Fsp3) is 0.381. The van der Waals surface area contributed by atoms with Crippen molar-refractivity contribution in [3.05, 3.63) is 65.2 Å². The Morgan fingerprint density at radius 3 is 2.35 bits per heavy atom. The normalized spacial score (nSPS) is 12.2. The number of carbonyl (C=O) groups excluding carboxylic acids is 1. The molecule has 0 aliphatic heterocycles. The van der Waals surface area contributed by atoms with Gasteiger partial charge in [-0.3, -0.25) is 4.79 Å². The summed E-state index contributed by atoms with van der Waals surface area (Å²) in [6, 6.07) is 15.9. The van der Waals surface area contributed by atoms with Gasteiger partial charge in [0.2, 0.25) is 0 Å². The minimum Gasteiger partial charge on any atom is -0.486 e. The number of carbonyl (C=O) groups is 1. The van der Waals surface area contributed by atoms with E-state index in [4.69, 9.17) is 4.74 Å². The summed E-state index contributed by atoms with van der Waals surface area (Å²) in [7, 11) is 0. The second-order valence-electron chi connectivity index (χ2n) is 6.38. The second kappa shape index (κ2) is 8.52. The van der Waals surface area contributed by atoms with Gasteiger partial charge in [0.25, 0.3) is 0 Å². The van der Waals surface area contributed by atoms with E-state index >= 15 is 0 Å². The van der Waals surface area contributed by atoms with E-state index < -0.39 is 0 Å². The molecule has 2 rings (SSSR count). The smallest absolute Gasteiger partial charge is 0.150 e. The molecule has 2 aromatic carbocycles. The summed E-state index contributed by atoms with van der Waals surface area (Å²) in [5, 5.41) is 0. The van der Waals surface area contributed by atoms with Gasteiger partial charge in [0, 0.05) is 5.56 Å². The van der Waals surface area contributed by atoms with Crippen LogP contribution in [-0.4, -0.2) is 6.29 Å². The van der Waals surface area contributed by atoms with Crippen molar-refractivity contribution in [2.45, 2.75) is 46.1 Å². The lowest BCUT2D eigenvalue weighted by Gasteiger charge is -2.22. The predicted molar refractivity (Wildman–Crippen MR) is 95.1 cm³/mol. The van der Waals surface area contributed by atoms with Crippen LogP contribution in [0.4, 0.5) is 0 Å². The maximum Gasteiger partial charge on any atom is 0.150 e. The van der Waals surface area contributed by atoms with Gasteiger partial charge in [-0.2, -0.15) is 0 Å². The highest BCUT2D eigenvalue weighted by Gasteiger charge is 2.17. The zero-order chi connectivity index (χ0) is 16.7. The first-order valence-electron chi connectivity index (χ1n) is 8.43. The van der Waals surface area contributed by atoms with E-state index in [1.54, 1.807) is 12.1 Å². The van der Waals surface area contributed by atoms with E-state index in [-0.39, 0.29) is 6.10 Å². The SMILES string of the molecule is CCCC(Oc1ccc(C=O)cc1)c1ccccc1CC(C)C. The second-order valence-corrected chi connectivity index (χ2v) is 6.38. The first-order valence-corrected chi connectivity index (χ1v) is 8.43. The number of aldehydes is 1. The van der Waals surface area contributed by atoms with Gasteiger partial charge in [-0.1, -0.05) is 51.5 Å². The van der Waals surface area contributed by atoms with Crippen molar-refractivity contribution in [2.24, 2.45) is 5.92 Å². The number of hydrogen-bond donors (Lipinski definition) is 0. The molecule has 1 unspecified atom stereocenters. The Balaban J connectivity index is 2.25. The summed E-state index contributed by atoms with van der Waals surface area (Å²) in [5.41, 5.74) is 3.32. The van der Waals surface area contributed by atoms with Crippen molar-refractivity contribution in [3.8, 4) is 5.75 Å². The molecule has 0 fully saturated rings. The molecule has 0 amide bonds. The van der Waals surface area contributed by atoms with Crippen LogP contribution in [0, 0.1) is 5.92 Å². The highest BCUT2D eigenvalue weighted by atomic mass is 16.5. The minimum atomic E-state index is 0.0528. The fourth-order valence-corrected chi connectivity index (χ4v) is 2.80. The van der Waals surface area contributed by atoms with Gasteiger partial charge in [0.15, 0.2) is 0 Å². The van der Waals surface area contributed by atoms with Crippen LogP contribution < -0.4 is 4.74 Å². The highest BCUT2D eigenvalue weighted by Crippen LogP contribution is 2.29. The van der Waals surface area contributed by atoms with Gasteiger partial charge in [0.05, 0.1) is 0 Å². The van der Waals surface area contributed by atoms with Crippen LogP contribution in [0.3, 0.4) is 0 Å². The molecule has 0 aliphatic carbocycles. The summed E-state index contributed by atoms with van der Waals surface area (Å²) >= 11 is 0. The topological polar surface area (TPSA) is 26.3 Å². The number of rotatable bonds is 8. The van der Waals surface area contributed by atoms with E-state index in [2.05, 4.69) is 45.0 Å². The Bertz CT molecular complexity index is 614. The Labute approximate surface area is 139 Å². The molecule has 2 aromatic rings. The third kappa shape index (κ3) is 4.95. The van der Waals surface area contributed by atoms with E-state index in [0.717, 1.165) is 31.3 Å². The zero-order valence-corrected chi connectivity index (χ0v) is 14.3. The van der Waals surface area contributed by atoms with E-state index in [1.807, 2.05) is 12.1 Å². The van der Waals surface area contributed by atoms with Crippen molar-refractivity contribution in [3.63, 3.8) is 0 Å². The van der Waals surface area contributed by atoms with Crippen LogP contribution in [0.2, 0.25) is 0 Å². The maximum atomic E-state index is 10.8. The molecule has 0 radical (unpaired) electrons. The molecule has 0 N–H and O–H groups in total. The summed E-state index contributed by atoms with van der Waals surface area (Å²) in [6.45, 7) is 6.66. The Morgan fingerprint density at radius 2 is 1.74 bits per heavy atom. The lowest BCUT2D eigenvalue weighted by Crippen LogP contribution is -2.11. The molecule has 122 valence electrons. The maximum absolute atomic E-state index is 10.8.